The molecule has 0 aliphatic heterocycles. The van der Waals surface area contributed by atoms with Crippen LogP contribution in [0.1, 0.15) is 162 Å². The lowest BCUT2D eigenvalue weighted by Crippen LogP contribution is -2.12. The number of unbranched alkanes of at least 4 members (excludes halogenated alkanes) is 20. The lowest BCUT2D eigenvalue weighted by molar-refractivity contribution is 0.0487. The van der Waals surface area contributed by atoms with Gasteiger partial charge in [-0.15, -0.1) is 0 Å². The number of aromatic carboxylic acids is 1. The largest absolute Gasteiger partial charge is 0.478 e. The number of esters is 1. The first kappa shape index (κ1) is 31.2. The second-order valence-corrected chi connectivity index (χ2v) is 10.1. The van der Waals surface area contributed by atoms with Crippen LogP contribution in [0.3, 0.4) is 0 Å². The van der Waals surface area contributed by atoms with Gasteiger partial charge in [0.2, 0.25) is 0 Å². The van der Waals surface area contributed by atoms with E-state index in [1.54, 1.807) is 12.1 Å². The van der Waals surface area contributed by atoms with Crippen LogP contribution in [0.5, 0.6) is 0 Å². The Hall–Kier alpha value is -1.84. The molecule has 1 aromatic carbocycles. The molecule has 0 unspecified atom stereocenters. The first-order valence-electron chi connectivity index (χ1n) is 14.7. The maximum atomic E-state index is 12.1. The number of carboxylic acid groups (broad SMARTS) is 1. The molecule has 0 aromatic heterocycles. The fraction of sp³-hybridized carbons (Fsp3) is 0.742. The van der Waals surface area contributed by atoms with E-state index in [0.29, 0.717) is 6.61 Å². The van der Waals surface area contributed by atoms with E-state index in [9.17, 15) is 9.59 Å². The number of benzene rings is 1. The first-order valence-corrected chi connectivity index (χ1v) is 14.7. The second kappa shape index (κ2) is 22.6. The van der Waals surface area contributed by atoms with Gasteiger partial charge in [0.15, 0.2) is 0 Å². The number of ether oxygens (including phenoxy) is 1. The molecule has 4 nitrogen and oxygen atoms in total. The van der Waals surface area contributed by atoms with Gasteiger partial charge in [-0.25, -0.2) is 9.59 Å². The van der Waals surface area contributed by atoms with Crippen molar-refractivity contribution in [3.05, 3.63) is 35.4 Å². The first-order chi connectivity index (χ1) is 17.2. The average Bonchev–Trinajstić information content (AvgIpc) is 2.87. The van der Waals surface area contributed by atoms with Crippen molar-refractivity contribution in [2.75, 3.05) is 6.61 Å². The molecule has 0 amide bonds. The van der Waals surface area contributed by atoms with E-state index in [0.717, 1.165) is 12.8 Å². The van der Waals surface area contributed by atoms with Gasteiger partial charge < -0.3 is 9.84 Å². The van der Waals surface area contributed by atoms with Crippen LogP contribution in [0, 0.1) is 0 Å². The van der Waals surface area contributed by atoms with Gasteiger partial charge in [0.25, 0.3) is 0 Å². The zero-order valence-electron chi connectivity index (χ0n) is 22.5. The fourth-order valence-corrected chi connectivity index (χ4v) is 4.62. The fourth-order valence-electron chi connectivity index (χ4n) is 4.62. The van der Waals surface area contributed by atoms with Crippen molar-refractivity contribution in [1.82, 2.24) is 0 Å². The molecule has 0 aliphatic carbocycles. The summed E-state index contributed by atoms with van der Waals surface area (Å²) in [6, 6.07) is 6.20. The Labute approximate surface area is 215 Å². The number of carbonyl (C=O) groups is 2. The third-order valence-corrected chi connectivity index (χ3v) is 6.86. The lowest BCUT2D eigenvalue weighted by Gasteiger charge is -2.07. The Bertz CT molecular complexity index is 655. The van der Waals surface area contributed by atoms with Crippen LogP contribution in [-0.4, -0.2) is 23.7 Å². The molecule has 1 N–H and O–H groups in total. The highest BCUT2D eigenvalue weighted by atomic mass is 16.5. The van der Waals surface area contributed by atoms with Crippen LogP contribution < -0.4 is 0 Å². The molecule has 0 spiro atoms. The highest BCUT2D eigenvalue weighted by molar-refractivity contribution is 6.02. The molecule has 1 aromatic rings. The number of rotatable bonds is 24. The third kappa shape index (κ3) is 17.3. The molecule has 0 aliphatic rings. The van der Waals surface area contributed by atoms with E-state index in [4.69, 9.17) is 9.84 Å². The molecule has 0 fully saturated rings. The normalized spacial score (nSPS) is 11.0. The maximum Gasteiger partial charge on any atom is 0.339 e. The van der Waals surface area contributed by atoms with Crippen molar-refractivity contribution in [2.24, 2.45) is 0 Å². The Morgan fingerprint density at radius 2 is 0.914 bits per heavy atom. The van der Waals surface area contributed by atoms with Crippen molar-refractivity contribution >= 4 is 11.9 Å². The number of carboxylic acids is 1. The molecule has 0 bridgehead atoms. The highest BCUT2D eigenvalue weighted by Gasteiger charge is 2.16. The van der Waals surface area contributed by atoms with E-state index in [-0.39, 0.29) is 11.1 Å². The van der Waals surface area contributed by atoms with Gasteiger partial charge in [-0.2, -0.15) is 0 Å². The highest BCUT2D eigenvalue weighted by Crippen LogP contribution is 2.15. The summed E-state index contributed by atoms with van der Waals surface area (Å²) in [6.45, 7) is 2.64. The van der Waals surface area contributed by atoms with Crippen LogP contribution in [0.25, 0.3) is 0 Å². The molecule has 0 atom stereocenters. The van der Waals surface area contributed by atoms with Gasteiger partial charge in [-0.1, -0.05) is 147 Å². The molecule has 35 heavy (non-hydrogen) atoms. The molecule has 200 valence electrons. The molecule has 4 heteroatoms. The molecular formula is C31H52O4. The van der Waals surface area contributed by atoms with E-state index in [1.165, 1.54) is 134 Å². The standard InChI is InChI=1S/C31H52O4/c1-2-3-4-5-6-7-8-9-10-11-12-13-14-15-16-17-18-19-20-21-24-27-35-31(34)29-26-23-22-25-28(29)30(32)33/h22-23,25-26H,2-21,24,27H2,1H3,(H,32,33). The van der Waals surface area contributed by atoms with Gasteiger partial charge in [0.1, 0.15) is 0 Å². The van der Waals surface area contributed by atoms with Gasteiger partial charge in [-0.05, 0) is 18.6 Å². The summed E-state index contributed by atoms with van der Waals surface area (Å²) in [7, 11) is 0. The van der Waals surface area contributed by atoms with Gasteiger partial charge in [-0.3, -0.25) is 0 Å². The topological polar surface area (TPSA) is 63.6 Å². The van der Waals surface area contributed by atoms with Crippen molar-refractivity contribution in [3.8, 4) is 0 Å². The lowest BCUT2D eigenvalue weighted by atomic mass is 10.0. The molecule has 1 rings (SSSR count). The SMILES string of the molecule is CCCCCCCCCCCCCCCCCCCCCCCOC(=O)c1ccccc1C(=O)O. The molecule has 0 saturated heterocycles. The third-order valence-electron chi connectivity index (χ3n) is 6.86. The molecular weight excluding hydrogens is 436 g/mol. The summed E-state index contributed by atoms with van der Waals surface area (Å²) >= 11 is 0. The predicted molar refractivity (Wildman–Crippen MR) is 146 cm³/mol. The van der Waals surface area contributed by atoms with Crippen LogP contribution in [0.2, 0.25) is 0 Å². The zero-order valence-corrected chi connectivity index (χ0v) is 22.5. The van der Waals surface area contributed by atoms with Crippen LogP contribution in [-0.2, 0) is 4.74 Å². The van der Waals surface area contributed by atoms with Crippen molar-refractivity contribution in [2.45, 2.75) is 142 Å². The molecule has 0 radical (unpaired) electrons. The van der Waals surface area contributed by atoms with E-state index in [2.05, 4.69) is 6.92 Å². The Kier molecular flexibility index (Phi) is 20.2. The molecule has 0 heterocycles. The summed E-state index contributed by atoms with van der Waals surface area (Å²) < 4.78 is 5.26. The second-order valence-electron chi connectivity index (χ2n) is 10.1. The van der Waals surface area contributed by atoms with Crippen molar-refractivity contribution in [1.29, 1.82) is 0 Å². The number of carbonyl (C=O) groups excluding carboxylic acids is 1. The van der Waals surface area contributed by atoms with E-state index in [1.807, 2.05) is 0 Å². The Morgan fingerprint density at radius 3 is 1.29 bits per heavy atom. The van der Waals surface area contributed by atoms with Crippen molar-refractivity contribution in [3.63, 3.8) is 0 Å². The number of hydrogen-bond donors (Lipinski definition) is 1. The number of hydrogen-bond acceptors (Lipinski definition) is 3. The van der Waals surface area contributed by atoms with Crippen LogP contribution >= 0.6 is 0 Å². The van der Waals surface area contributed by atoms with Gasteiger partial charge in [0, 0.05) is 0 Å². The average molecular weight is 489 g/mol. The summed E-state index contributed by atoms with van der Waals surface area (Å²) in [5.74, 6) is -1.65. The van der Waals surface area contributed by atoms with Crippen molar-refractivity contribution < 1.29 is 19.4 Å². The molecule has 0 saturated carbocycles. The maximum absolute atomic E-state index is 12.1. The van der Waals surface area contributed by atoms with Crippen LogP contribution in [0.15, 0.2) is 24.3 Å². The summed E-state index contributed by atoms with van der Waals surface area (Å²) in [5.41, 5.74) is 0.125. The Balaban J connectivity index is 1.80. The zero-order chi connectivity index (χ0) is 25.4. The van der Waals surface area contributed by atoms with Gasteiger partial charge in [0.05, 0.1) is 17.7 Å². The minimum absolute atomic E-state index is 0.00342. The van der Waals surface area contributed by atoms with E-state index >= 15 is 0 Å². The minimum Gasteiger partial charge on any atom is -0.478 e. The smallest absolute Gasteiger partial charge is 0.339 e. The summed E-state index contributed by atoms with van der Waals surface area (Å²) in [6.07, 6.45) is 28.2. The van der Waals surface area contributed by atoms with E-state index < -0.39 is 11.9 Å². The van der Waals surface area contributed by atoms with Gasteiger partial charge >= 0.3 is 11.9 Å². The predicted octanol–water partition coefficient (Wildman–Crippen LogP) is 9.75. The quantitative estimate of drug-likeness (QED) is 0.116. The summed E-state index contributed by atoms with van der Waals surface area (Å²) in [4.78, 5) is 23.3. The van der Waals surface area contributed by atoms with Crippen LogP contribution in [0.4, 0.5) is 0 Å². The monoisotopic (exact) mass is 488 g/mol. The minimum atomic E-state index is -1.10. The Morgan fingerprint density at radius 1 is 0.571 bits per heavy atom. The summed E-state index contributed by atoms with van der Waals surface area (Å²) in [5, 5.41) is 9.16.